The molecule has 1 heterocycles. The van der Waals surface area contributed by atoms with Crippen molar-refractivity contribution in [2.45, 2.75) is 57.0 Å². The average molecular weight is 333 g/mol. The fourth-order valence-electron chi connectivity index (χ4n) is 3.11. The molecule has 7 heteroatoms. The van der Waals surface area contributed by atoms with Crippen LogP contribution in [-0.4, -0.2) is 39.8 Å². The van der Waals surface area contributed by atoms with Gasteiger partial charge in [-0.05, 0) is 38.5 Å². The van der Waals surface area contributed by atoms with Crippen LogP contribution in [0.3, 0.4) is 0 Å². The van der Waals surface area contributed by atoms with E-state index in [2.05, 4.69) is 9.97 Å². The zero-order chi connectivity index (χ0) is 17.1. The first-order chi connectivity index (χ1) is 11.6. The summed E-state index contributed by atoms with van der Waals surface area (Å²) in [6.07, 6.45) is 9.95. The SMILES string of the molecule is CN(N)/C(CO)=C(\N)c1cnc(OC2CCCCC2)c(C2CC2)n1. The topological polar surface area (TPSA) is 111 Å². The van der Waals surface area contributed by atoms with E-state index in [1.54, 1.807) is 13.2 Å². The maximum atomic E-state index is 9.46. The number of aliphatic hydroxyl groups excluding tert-OH is 1. The lowest BCUT2D eigenvalue weighted by molar-refractivity contribution is 0.146. The minimum atomic E-state index is -0.250. The lowest BCUT2D eigenvalue weighted by Crippen LogP contribution is -2.30. The molecule has 7 nitrogen and oxygen atoms in total. The van der Waals surface area contributed by atoms with E-state index >= 15 is 0 Å². The number of aromatic nitrogens is 2. The van der Waals surface area contributed by atoms with Gasteiger partial charge in [0.25, 0.3) is 0 Å². The first kappa shape index (κ1) is 17.0. The molecule has 0 atom stereocenters. The van der Waals surface area contributed by atoms with Crippen LogP contribution in [0.25, 0.3) is 5.70 Å². The zero-order valence-corrected chi connectivity index (χ0v) is 14.2. The second-order valence-corrected chi connectivity index (χ2v) is 6.73. The second kappa shape index (κ2) is 7.36. The number of aliphatic hydroxyl groups is 1. The molecule has 0 amide bonds. The summed E-state index contributed by atoms with van der Waals surface area (Å²) < 4.78 is 6.14. The van der Waals surface area contributed by atoms with Crippen molar-refractivity contribution in [3.05, 3.63) is 23.3 Å². The first-order valence-electron chi connectivity index (χ1n) is 8.72. The Labute approximate surface area is 142 Å². The van der Waals surface area contributed by atoms with Gasteiger partial charge in [-0.3, -0.25) is 0 Å². The maximum Gasteiger partial charge on any atom is 0.236 e. The van der Waals surface area contributed by atoms with E-state index in [0.717, 1.165) is 31.4 Å². The molecule has 132 valence electrons. The summed E-state index contributed by atoms with van der Waals surface area (Å²) in [7, 11) is 1.63. The normalized spacial score (nSPS) is 19.8. The standard InChI is InChI=1S/C17H27N5O2/c1-22(19)14(10-23)15(18)13-9-20-17(16(21-13)11-7-8-11)24-12-5-3-2-4-6-12/h9,11-12,23H,2-8,10,18-19H2,1H3/b15-14-. The second-order valence-electron chi connectivity index (χ2n) is 6.73. The van der Waals surface area contributed by atoms with E-state index in [4.69, 9.17) is 16.3 Å². The number of hydrogen-bond acceptors (Lipinski definition) is 7. The molecule has 0 radical (unpaired) electrons. The van der Waals surface area contributed by atoms with Crippen LogP contribution >= 0.6 is 0 Å². The number of ether oxygens (including phenoxy) is 1. The minimum Gasteiger partial charge on any atom is -0.473 e. The summed E-state index contributed by atoms with van der Waals surface area (Å²) in [5.74, 6) is 6.76. The number of nitrogens with zero attached hydrogens (tertiary/aromatic N) is 3. The predicted molar refractivity (Wildman–Crippen MR) is 91.7 cm³/mol. The van der Waals surface area contributed by atoms with Gasteiger partial charge < -0.3 is 20.6 Å². The van der Waals surface area contributed by atoms with Crippen molar-refractivity contribution in [2.75, 3.05) is 13.7 Å². The summed E-state index contributed by atoms with van der Waals surface area (Å²) in [6.45, 7) is -0.250. The molecule has 0 spiro atoms. The number of likely N-dealkylation sites (N-methyl/N-ethyl adjacent to an activating group) is 1. The average Bonchev–Trinajstić information content (AvgIpc) is 3.41. The Bertz CT molecular complexity index is 607. The van der Waals surface area contributed by atoms with E-state index in [0.29, 0.717) is 28.9 Å². The van der Waals surface area contributed by atoms with Gasteiger partial charge in [0.05, 0.1) is 24.2 Å². The Morgan fingerprint density at radius 1 is 1.29 bits per heavy atom. The molecule has 2 fully saturated rings. The molecule has 0 unspecified atom stereocenters. The Kier molecular flexibility index (Phi) is 5.20. The van der Waals surface area contributed by atoms with Crippen molar-refractivity contribution in [3.63, 3.8) is 0 Å². The minimum absolute atomic E-state index is 0.243. The van der Waals surface area contributed by atoms with E-state index in [9.17, 15) is 5.11 Å². The summed E-state index contributed by atoms with van der Waals surface area (Å²) >= 11 is 0. The van der Waals surface area contributed by atoms with E-state index in [-0.39, 0.29) is 12.7 Å². The Balaban J connectivity index is 1.87. The molecule has 0 bridgehead atoms. The van der Waals surface area contributed by atoms with Gasteiger partial charge in [0.2, 0.25) is 5.88 Å². The monoisotopic (exact) mass is 333 g/mol. The smallest absolute Gasteiger partial charge is 0.236 e. The molecule has 1 aromatic heterocycles. The molecule has 1 aromatic rings. The van der Waals surface area contributed by atoms with E-state index in [1.165, 1.54) is 24.3 Å². The van der Waals surface area contributed by atoms with Crippen LogP contribution in [0, 0.1) is 0 Å². The van der Waals surface area contributed by atoms with Gasteiger partial charge in [0.1, 0.15) is 17.5 Å². The maximum absolute atomic E-state index is 9.46. The Hall–Kier alpha value is -1.86. The molecule has 5 N–H and O–H groups in total. The van der Waals surface area contributed by atoms with Gasteiger partial charge in [-0.2, -0.15) is 0 Å². The number of hydrogen-bond donors (Lipinski definition) is 3. The fourth-order valence-corrected chi connectivity index (χ4v) is 3.11. The van der Waals surface area contributed by atoms with Crippen LogP contribution in [0.15, 0.2) is 11.9 Å². The predicted octanol–water partition coefficient (Wildman–Crippen LogP) is 1.49. The highest BCUT2D eigenvalue weighted by atomic mass is 16.5. The molecule has 2 aliphatic rings. The van der Waals surface area contributed by atoms with Crippen molar-refractivity contribution < 1.29 is 9.84 Å². The van der Waals surface area contributed by atoms with Crippen LogP contribution < -0.4 is 16.3 Å². The third-order valence-corrected chi connectivity index (χ3v) is 4.72. The zero-order valence-electron chi connectivity index (χ0n) is 14.2. The van der Waals surface area contributed by atoms with Crippen LogP contribution in [-0.2, 0) is 0 Å². The largest absolute Gasteiger partial charge is 0.473 e. The summed E-state index contributed by atoms with van der Waals surface area (Å²) in [5.41, 5.74) is 8.32. The summed E-state index contributed by atoms with van der Waals surface area (Å²) in [4.78, 5) is 9.18. The molecule has 24 heavy (non-hydrogen) atoms. The number of nitrogens with two attached hydrogens (primary N) is 2. The van der Waals surface area contributed by atoms with Gasteiger partial charge in [0, 0.05) is 13.0 Å². The molecular formula is C17H27N5O2. The molecular weight excluding hydrogens is 306 g/mol. The van der Waals surface area contributed by atoms with Gasteiger partial charge in [0.15, 0.2) is 0 Å². The number of rotatable bonds is 6. The highest BCUT2D eigenvalue weighted by molar-refractivity contribution is 5.62. The van der Waals surface area contributed by atoms with Gasteiger partial charge in [-0.15, -0.1) is 0 Å². The third-order valence-electron chi connectivity index (χ3n) is 4.72. The first-order valence-corrected chi connectivity index (χ1v) is 8.72. The molecule has 2 saturated carbocycles. The van der Waals surface area contributed by atoms with E-state index in [1.807, 2.05) is 0 Å². The van der Waals surface area contributed by atoms with E-state index < -0.39 is 0 Å². The van der Waals surface area contributed by atoms with Crippen LogP contribution in [0.5, 0.6) is 5.88 Å². The molecule has 0 aliphatic heterocycles. The highest BCUT2D eigenvalue weighted by Gasteiger charge is 2.31. The van der Waals surface area contributed by atoms with Crippen molar-refractivity contribution in [3.8, 4) is 5.88 Å². The lowest BCUT2D eigenvalue weighted by atomic mass is 9.98. The quantitative estimate of drug-likeness (QED) is 0.534. The molecule has 2 aliphatic carbocycles. The lowest BCUT2D eigenvalue weighted by Gasteiger charge is -2.23. The Morgan fingerprint density at radius 2 is 2.00 bits per heavy atom. The Morgan fingerprint density at radius 3 is 2.58 bits per heavy atom. The number of hydrazine groups is 1. The van der Waals surface area contributed by atoms with Crippen molar-refractivity contribution in [2.24, 2.45) is 11.6 Å². The summed E-state index contributed by atoms with van der Waals surface area (Å²) in [5, 5.41) is 10.8. The van der Waals surface area contributed by atoms with Gasteiger partial charge in [-0.1, -0.05) is 6.42 Å². The van der Waals surface area contributed by atoms with Crippen molar-refractivity contribution in [1.82, 2.24) is 15.0 Å². The molecule has 0 saturated heterocycles. The molecule has 0 aromatic carbocycles. The fraction of sp³-hybridized carbons (Fsp3) is 0.647. The van der Waals surface area contributed by atoms with Crippen molar-refractivity contribution >= 4 is 5.70 Å². The van der Waals surface area contributed by atoms with Crippen LogP contribution in [0.4, 0.5) is 0 Å². The van der Waals surface area contributed by atoms with Gasteiger partial charge >= 0.3 is 0 Å². The van der Waals surface area contributed by atoms with Crippen molar-refractivity contribution in [1.29, 1.82) is 0 Å². The van der Waals surface area contributed by atoms with Crippen LogP contribution in [0.1, 0.15) is 62.3 Å². The summed E-state index contributed by atoms with van der Waals surface area (Å²) in [6, 6.07) is 0. The van der Waals surface area contributed by atoms with Crippen LogP contribution in [0.2, 0.25) is 0 Å². The van der Waals surface area contributed by atoms with Gasteiger partial charge in [-0.25, -0.2) is 15.8 Å². The third kappa shape index (κ3) is 3.79. The molecule has 3 rings (SSSR count). The highest BCUT2D eigenvalue weighted by Crippen LogP contribution is 2.43.